The van der Waals surface area contributed by atoms with E-state index in [9.17, 15) is 25.0 Å². The lowest BCUT2D eigenvalue weighted by Gasteiger charge is -2.08. The second kappa shape index (κ2) is 7.96. The Labute approximate surface area is 162 Å². The van der Waals surface area contributed by atoms with Gasteiger partial charge in [-0.3, -0.25) is 25.0 Å². The normalized spacial score (nSPS) is 10.6. The van der Waals surface area contributed by atoms with Crippen molar-refractivity contribution in [2.75, 3.05) is 6.54 Å². The van der Waals surface area contributed by atoms with Crippen LogP contribution in [0.25, 0.3) is 10.6 Å². The zero-order valence-electron chi connectivity index (χ0n) is 14.7. The number of nitro groups is 2. The van der Waals surface area contributed by atoms with Crippen LogP contribution < -0.4 is 5.32 Å². The van der Waals surface area contributed by atoms with Crippen molar-refractivity contribution in [2.45, 2.75) is 13.3 Å². The minimum absolute atomic E-state index is 0.0777. The molecule has 0 spiro atoms. The number of hydrogen-bond donors (Lipinski definition) is 2. The molecular weight excluding hydrogens is 386 g/mol. The van der Waals surface area contributed by atoms with Gasteiger partial charge in [0.25, 0.3) is 17.3 Å². The van der Waals surface area contributed by atoms with Crippen LogP contribution in [0, 0.1) is 27.2 Å². The first-order valence-corrected chi connectivity index (χ1v) is 9.04. The lowest BCUT2D eigenvalue weighted by atomic mass is 10.0. The number of H-pyrrole nitrogens is 1. The topological polar surface area (TPSA) is 144 Å². The number of non-ortho nitro benzene ring substituents is 1. The highest BCUT2D eigenvalue weighted by Gasteiger charge is 2.24. The van der Waals surface area contributed by atoms with Crippen molar-refractivity contribution < 1.29 is 14.6 Å². The molecule has 0 fully saturated rings. The number of carbonyl (C=O) groups excluding carboxylic acids is 1. The highest BCUT2D eigenvalue weighted by molar-refractivity contribution is 7.13. The number of rotatable bonds is 7. The molecule has 2 heterocycles. The molecule has 0 aliphatic carbocycles. The minimum atomic E-state index is -0.763. The van der Waals surface area contributed by atoms with Crippen LogP contribution >= 0.6 is 11.3 Å². The maximum absolute atomic E-state index is 12.5. The van der Waals surface area contributed by atoms with Gasteiger partial charge in [-0.05, 0) is 18.4 Å². The number of nitrogens with zero attached hydrogens (tertiary/aromatic N) is 3. The van der Waals surface area contributed by atoms with Crippen LogP contribution in [0.3, 0.4) is 0 Å². The Kier molecular flexibility index (Phi) is 5.45. The van der Waals surface area contributed by atoms with E-state index >= 15 is 0 Å². The summed E-state index contributed by atoms with van der Waals surface area (Å²) < 4.78 is 0. The van der Waals surface area contributed by atoms with Gasteiger partial charge in [-0.2, -0.15) is 0 Å². The summed E-state index contributed by atoms with van der Waals surface area (Å²) >= 11 is 1.54. The fourth-order valence-corrected chi connectivity index (χ4v) is 3.50. The summed E-state index contributed by atoms with van der Waals surface area (Å²) in [6.45, 7) is 1.62. The van der Waals surface area contributed by atoms with Gasteiger partial charge in [0.05, 0.1) is 32.7 Å². The van der Waals surface area contributed by atoms with E-state index in [1.54, 1.807) is 17.7 Å². The number of hydrogen-bond acceptors (Lipinski definition) is 7. The highest BCUT2D eigenvalue weighted by Crippen LogP contribution is 2.28. The summed E-state index contributed by atoms with van der Waals surface area (Å²) in [6.07, 6.45) is 2.02. The Morgan fingerprint density at radius 1 is 1.29 bits per heavy atom. The summed E-state index contributed by atoms with van der Waals surface area (Å²) in [5.74, 6) is -0.610. The maximum atomic E-state index is 12.5. The summed E-state index contributed by atoms with van der Waals surface area (Å²) in [5.41, 5.74) is 0.651. The molecule has 144 valence electrons. The van der Waals surface area contributed by atoms with Crippen LogP contribution in [0.5, 0.6) is 0 Å². The summed E-state index contributed by atoms with van der Waals surface area (Å²) in [6, 6.07) is 5.75. The van der Waals surface area contributed by atoms with Gasteiger partial charge in [0.1, 0.15) is 5.69 Å². The number of aromatic amines is 1. The van der Waals surface area contributed by atoms with Crippen molar-refractivity contribution >= 4 is 28.6 Å². The van der Waals surface area contributed by atoms with E-state index in [1.807, 2.05) is 17.5 Å². The molecule has 0 saturated heterocycles. The second-order valence-electron chi connectivity index (χ2n) is 5.86. The molecule has 0 unspecified atom stereocenters. The number of amides is 1. The quantitative estimate of drug-likeness (QED) is 0.459. The Balaban J connectivity index is 1.75. The van der Waals surface area contributed by atoms with Gasteiger partial charge in [0.2, 0.25) is 0 Å². The Morgan fingerprint density at radius 2 is 2.07 bits per heavy atom. The molecule has 0 bridgehead atoms. The molecule has 3 aromatic rings. The molecule has 0 saturated carbocycles. The summed E-state index contributed by atoms with van der Waals surface area (Å²) in [5, 5.41) is 26.7. The van der Waals surface area contributed by atoms with E-state index in [4.69, 9.17) is 0 Å². The highest BCUT2D eigenvalue weighted by atomic mass is 32.1. The van der Waals surface area contributed by atoms with E-state index < -0.39 is 27.1 Å². The minimum Gasteiger partial charge on any atom is -0.352 e. The first-order chi connectivity index (χ1) is 13.4. The predicted octanol–water partition coefficient (Wildman–Crippen LogP) is 3.24. The fraction of sp³-hybridized carbons (Fsp3) is 0.176. The van der Waals surface area contributed by atoms with Gasteiger partial charge in [0.15, 0.2) is 0 Å². The van der Waals surface area contributed by atoms with Crippen LogP contribution in [-0.4, -0.2) is 32.3 Å². The molecule has 3 rings (SSSR count). The first-order valence-electron chi connectivity index (χ1n) is 8.16. The Bertz CT molecular complexity index is 1040. The zero-order valence-corrected chi connectivity index (χ0v) is 15.5. The number of nitrogens with one attached hydrogen (secondary N) is 2. The lowest BCUT2D eigenvalue weighted by Crippen LogP contribution is -2.27. The molecule has 0 atom stereocenters. The monoisotopic (exact) mass is 401 g/mol. The van der Waals surface area contributed by atoms with Crippen molar-refractivity contribution in [3.8, 4) is 10.6 Å². The molecule has 1 amide bonds. The first kappa shape index (κ1) is 19.2. The van der Waals surface area contributed by atoms with Crippen LogP contribution in [0.4, 0.5) is 11.4 Å². The third-order valence-corrected chi connectivity index (χ3v) is 5.03. The van der Waals surface area contributed by atoms with Crippen molar-refractivity contribution in [1.29, 1.82) is 0 Å². The average Bonchev–Trinajstić information content (AvgIpc) is 3.32. The van der Waals surface area contributed by atoms with Crippen LogP contribution in [0.15, 0.2) is 36.0 Å². The van der Waals surface area contributed by atoms with Crippen LogP contribution in [0.2, 0.25) is 0 Å². The molecule has 2 aromatic heterocycles. The van der Waals surface area contributed by atoms with Gasteiger partial charge in [0, 0.05) is 30.3 Å². The van der Waals surface area contributed by atoms with Crippen LogP contribution in [0.1, 0.15) is 21.6 Å². The van der Waals surface area contributed by atoms with E-state index in [2.05, 4.69) is 15.3 Å². The molecule has 0 radical (unpaired) electrons. The van der Waals surface area contributed by atoms with E-state index in [0.29, 0.717) is 6.42 Å². The largest absolute Gasteiger partial charge is 0.352 e. The smallest absolute Gasteiger partial charge is 0.279 e. The Morgan fingerprint density at radius 3 is 2.71 bits per heavy atom. The molecular formula is C17H15N5O5S. The van der Waals surface area contributed by atoms with Crippen molar-refractivity contribution in [3.05, 3.63) is 73.0 Å². The van der Waals surface area contributed by atoms with Gasteiger partial charge >= 0.3 is 0 Å². The Hall–Kier alpha value is -3.60. The molecule has 2 N–H and O–H groups in total. The number of imidazole rings is 1. The standard InChI is InChI=1S/C17H15N5O5S/c1-10-12(7-11(21(24)25)8-14(10)22(26)27)17(23)18-5-4-13-16(20-9-19-13)15-3-2-6-28-15/h2-3,6-9H,4-5H2,1H3,(H,18,23)(H,19,20). The summed E-state index contributed by atoms with van der Waals surface area (Å²) in [4.78, 5) is 41.4. The summed E-state index contributed by atoms with van der Waals surface area (Å²) in [7, 11) is 0. The average molecular weight is 401 g/mol. The predicted molar refractivity (Wildman–Crippen MR) is 102 cm³/mol. The van der Waals surface area contributed by atoms with Crippen molar-refractivity contribution in [2.24, 2.45) is 0 Å². The van der Waals surface area contributed by atoms with E-state index in [-0.39, 0.29) is 17.7 Å². The lowest BCUT2D eigenvalue weighted by molar-refractivity contribution is -0.394. The van der Waals surface area contributed by atoms with Crippen molar-refractivity contribution in [3.63, 3.8) is 0 Å². The van der Waals surface area contributed by atoms with Gasteiger partial charge in [-0.15, -0.1) is 11.3 Å². The number of carbonyl (C=O) groups is 1. The third-order valence-electron chi connectivity index (χ3n) is 4.15. The second-order valence-corrected chi connectivity index (χ2v) is 6.81. The number of thiophene rings is 1. The number of aromatic nitrogens is 2. The van der Waals surface area contributed by atoms with E-state index in [0.717, 1.165) is 28.4 Å². The van der Waals surface area contributed by atoms with Gasteiger partial charge in [-0.1, -0.05) is 6.07 Å². The van der Waals surface area contributed by atoms with Gasteiger partial charge < -0.3 is 10.3 Å². The maximum Gasteiger partial charge on any atom is 0.279 e. The SMILES string of the molecule is Cc1c(C(=O)NCCc2[nH]cnc2-c2cccs2)cc([N+](=O)[O-])cc1[N+](=O)[O-]. The number of nitro benzene ring substituents is 2. The molecule has 0 aliphatic heterocycles. The molecule has 0 aliphatic rings. The third kappa shape index (κ3) is 3.88. The van der Waals surface area contributed by atoms with Gasteiger partial charge in [-0.25, -0.2) is 4.98 Å². The van der Waals surface area contributed by atoms with E-state index in [1.165, 1.54) is 6.92 Å². The fourth-order valence-electron chi connectivity index (χ4n) is 2.75. The van der Waals surface area contributed by atoms with Crippen molar-refractivity contribution in [1.82, 2.24) is 15.3 Å². The number of benzene rings is 1. The molecule has 11 heteroatoms. The zero-order chi connectivity index (χ0) is 20.3. The molecule has 28 heavy (non-hydrogen) atoms. The molecule has 1 aromatic carbocycles. The molecule has 10 nitrogen and oxygen atoms in total. The van der Waals surface area contributed by atoms with Crippen LogP contribution in [-0.2, 0) is 6.42 Å².